The van der Waals surface area contributed by atoms with Crippen molar-refractivity contribution < 1.29 is 9.53 Å². The molecule has 4 heteroatoms. The van der Waals surface area contributed by atoms with Gasteiger partial charge < -0.3 is 10.1 Å². The molecule has 0 saturated carbocycles. The summed E-state index contributed by atoms with van der Waals surface area (Å²) in [6.07, 6.45) is 4.11. The lowest BCUT2D eigenvalue weighted by atomic mass is 9.96. The van der Waals surface area contributed by atoms with Gasteiger partial charge in [-0.2, -0.15) is 0 Å². The molecule has 2 aromatic rings. The molecule has 2 rings (SSSR count). The number of amides is 1. The second kappa shape index (κ2) is 7.59. The monoisotopic (exact) mass is 298 g/mol. The Labute approximate surface area is 131 Å². The molecule has 1 amide bonds. The quantitative estimate of drug-likeness (QED) is 0.886. The maximum absolute atomic E-state index is 12.4. The van der Waals surface area contributed by atoms with Crippen LogP contribution in [0.15, 0.2) is 48.8 Å². The first-order valence-corrected chi connectivity index (χ1v) is 7.45. The highest BCUT2D eigenvalue weighted by atomic mass is 16.5. The molecule has 1 N–H and O–H groups in total. The van der Waals surface area contributed by atoms with E-state index in [4.69, 9.17) is 4.74 Å². The van der Waals surface area contributed by atoms with Gasteiger partial charge in [0.15, 0.2) is 0 Å². The first-order valence-electron chi connectivity index (χ1n) is 7.45. The minimum Gasteiger partial charge on any atom is -0.497 e. The Morgan fingerprint density at radius 3 is 2.50 bits per heavy atom. The molecular formula is C18H22N2O2. The molecule has 1 aromatic carbocycles. The van der Waals surface area contributed by atoms with E-state index < -0.39 is 0 Å². The van der Waals surface area contributed by atoms with Crippen LogP contribution < -0.4 is 10.1 Å². The number of ether oxygens (including phenoxy) is 1. The number of rotatable bonds is 6. The third-order valence-electron chi connectivity index (χ3n) is 3.45. The molecule has 0 saturated heterocycles. The molecule has 116 valence electrons. The molecular weight excluding hydrogens is 276 g/mol. The normalized spacial score (nSPS) is 12.0. The molecule has 0 aliphatic carbocycles. The maximum Gasteiger partial charge on any atom is 0.253 e. The third kappa shape index (κ3) is 4.32. The number of carbonyl (C=O) groups excluding carboxylic acids is 1. The van der Waals surface area contributed by atoms with Gasteiger partial charge in [0.05, 0.1) is 18.7 Å². The minimum absolute atomic E-state index is 0.0291. The van der Waals surface area contributed by atoms with Gasteiger partial charge in [0.1, 0.15) is 5.75 Å². The Hall–Kier alpha value is -2.36. The lowest BCUT2D eigenvalue weighted by Gasteiger charge is -2.21. The molecule has 1 atom stereocenters. The van der Waals surface area contributed by atoms with Gasteiger partial charge in [0.25, 0.3) is 5.91 Å². The lowest BCUT2D eigenvalue weighted by molar-refractivity contribution is 0.0931. The van der Waals surface area contributed by atoms with E-state index in [9.17, 15) is 4.79 Å². The molecule has 0 fully saturated rings. The predicted octanol–water partition coefficient (Wildman–Crippen LogP) is 3.61. The summed E-state index contributed by atoms with van der Waals surface area (Å²) in [6, 6.07) is 11.3. The molecule has 0 spiro atoms. The van der Waals surface area contributed by atoms with Crippen molar-refractivity contribution >= 4 is 5.91 Å². The van der Waals surface area contributed by atoms with Crippen LogP contribution in [0.5, 0.6) is 5.75 Å². The third-order valence-corrected chi connectivity index (χ3v) is 3.45. The molecule has 22 heavy (non-hydrogen) atoms. The van der Waals surface area contributed by atoms with Crippen molar-refractivity contribution in [3.63, 3.8) is 0 Å². The molecule has 0 bridgehead atoms. The van der Waals surface area contributed by atoms with E-state index in [1.165, 1.54) is 0 Å². The number of methoxy groups -OCH3 is 1. The molecule has 4 nitrogen and oxygen atoms in total. The van der Waals surface area contributed by atoms with E-state index in [0.717, 1.165) is 17.7 Å². The van der Waals surface area contributed by atoms with Crippen molar-refractivity contribution in [2.45, 2.75) is 26.3 Å². The summed E-state index contributed by atoms with van der Waals surface area (Å²) < 4.78 is 5.18. The SMILES string of the molecule is COc1ccc([C@H](CC(C)C)NC(=O)c2cccnc2)cc1. The standard InChI is InChI=1S/C18H22N2O2/c1-13(2)11-17(14-6-8-16(22-3)9-7-14)20-18(21)15-5-4-10-19-12-15/h4-10,12-13,17H,11H2,1-3H3,(H,20,21)/t17-/m0/s1. The fourth-order valence-corrected chi connectivity index (χ4v) is 2.32. The summed E-state index contributed by atoms with van der Waals surface area (Å²) in [5, 5.41) is 3.10. The van der Waals surface area contributed by atoms with Crippen LogP contribution in [0, 0.1) is 5.92 Å². The van der Waals surface area contributed by atoms with Crippen LogP contribution in [-0.2, 0) is 0 Å². The van der Waals surface area contributed by atoms with Crippen LogP contribution in [-0.4, -0.2) is 18.0 Å². The molecule has 1 heterocycles. The van der Waals surface area contributed by atoms with Gasteiger partial charge in [0, 0.05) is 12.4 Å². The van der Waals surface area contributed by atoms with Crippen LogP contribution in [0.25, 0.3) is 0 Å². The summed E-state index contributed by atoms with van der Waals surface area (Å²) in [6.45, 7) is 4.29. The van der Waals surface area contributed by atoms with Crippen molar-refractivity contribution in [1.82, 2.24) is 10.3 Å². The largest absolute Gasteiger partial charge is 0.497 e. The maximum atomic E-state index is 12.4. The molecule has 0 unspecified atom stereocenters. The zero-order valence-corrected chi connectivity index (χ0v) is 13.2. The highest BCUT2D eigenvalue weighted by Gasteiger charge is 2.17. The van der Waals surface area contributed by atoms with Crippen molar-refractivity contribution in [3.8, 4) is 5.75 Å². The van der Waals surface area contributed by atoms with Crippen molar-refractivity contribution in [2.75, 3.05) is 7.11 Å². The lowest BCUT2D eigenvalue weighted by Crippen LogP contribution is -2.29. The molecule has 0 aliphatic rings. The fourth-order valence-electron chi connectivity index (χ4n) is 2.32. The van der Waals surface area contributed by atoms with Crippen LogP contribution in [0.2, 0.25) is 0 Å². The summed E-state index contributed by atoms with van der Waals surface area (Å²) in [7, 11) is 1.64. The number of aromatic nitrogens is 1. The summed E-state index contributed by atoms with van der Waals surface area (Å²) in [5.74, 6) is 1.18. The van der Waals surface area contributed by atoms with Gasteiger partial charge in [-0.15, -0.1) is 0 Å². The second-order valence-electron chi connectivity index (χ2n) is 5.67. The Kier molecular flexibility index (Phi) is 5.53. The number of nitrogens with zero attached hydrogens (tertiary/aromatic N) is 1. The van der Waals surface area contributed by atoms with Gasteiger partial charge in [-0.3, -0.25) is 9.78 Å². The number of hydrogen-bond acceptors (Lipinski definition) is 3. The van der Waals surface area contributed by atoms with E-state index in [2.05, 4.69) is 24.1 Å². The molecule has 1 aromatic heterocycles. The summed E-state index contributed by atoms with van der Waals surface area (Å²) >= 11 is 0. The van der Waals surface area contributed by atoms with E-state index >= 15 is 0 Å². The van der Waals surface area contributed by atoms with Crippen LogP contribution in [0.4, 0.5) is 0 Å². The van der Waals surface area contributed by atoms with Crippen LogP contribution >= 0.6 is 0 Å². The highest BCUT2D eigenvalue weighted by molar-refractivity contribution is 5.94. The van der Waals surface area contributed by atoms with Crippen molar-refractivity contribution in [1.29, 1.82) is 0 Å². The van der Waals surface area contributed by atoms with Gasteiger partial charge in [-0.1, -0.05) is 26.0 Å². The summed E-state index contributed by atoms with van der Waals surface area (Å²) in [5.41, 5.74) is 1.65. The topological polar surface area (TPSA) is 51.2 Å². The van der Waals surface area contributed by atoms with Crippen molar-refractivity contribution in [2.24, 2.45) is 5.92 Å². The fraction of sp³-hybridized carbons (Fsp3) is 0.333. The minimum atomic E-state index is -0.102. The van der Waals surface area contributed by atoms with E-state index in [0.29, 0.717) is 11.5 Å². The first kappa shape index (κ1) is 16.0. The highest BCUT2D eigenvalue weighted by Crippen LogP contribution is 2.24. The Morgan fingerprint density at radius 2 is 1.95 bits per heavy atom. The number of carbonyl (C=O) groups is 1. The first-order chi connectivity index (χ1) is 10.6. The summed E-state index contributed by atoms with van der Waals surface area (Å²) in [4.78, 5) is 16.3. The number of nitrogens with one attached hydrogen (secondary N) is 1. The van der Waals surface area contributed by atoms with Crippen LogP contribution in [0.3, 0.4) is 0 Å². The van der Waals surface area contributed by atoms with E-state index in [-0.39, 0.29) is 11.9 Å². The number of benzene rings is 1. The van der Waals surface area contributed by atoms with Crippen LogP contribution in [0.1, 0.15) is 42.2 Å². The van der Waals surface area contributed by atoms with Gasteiger partial charge in [-0.25, -0.2) is 0 Å². The zero-order chi connectivity index (χ0) is 15.9. The van der Waals surface area contributed by atoms with E-state index in [1.807, 2.05) is 24.3 Å². The van der Waals surface area contributed by atoms with Crippen molar-refractivity contribution in [3.05, 3.63) is 59.9 Å². The van der Waals surface area contributed by atoms with E-state index in [1.54, 1.807) is 31.6 Å². The van der Waals surface area contributed by atoms with Gasteiger partial charge in [0.2, 0.25) is 0 Å². The zero-order valence-electron chi connectivity index (χ0n) is 13.2. The number of hydrogen-bond donors (Lipinski definition) is 1. The average Bonchev–Trinajstić information content (AvgIpc) is 2.54. The molecule has 0 radical (unpaired) electrons. The predicted molar refractivity (Wildman–Crippen MR) is 86.9 cm³/mol. The van der Waals surface area contributed by atoms with Gasteiger partial charge in [-0.05, 0) is 42.2 Å². The smallest absolute Gasteiger partial charge is 0.253 e. The number of pyridine rings is 1. The Bertz CT molecular complexity index is 594. The second-order valence-corrected chi connectivity index (χ2v) is 5.67. The Balaban J connectivity index is 2.16. The average molecular weight is 298 g/mol. The molecule has 0 aliphatic heterocycles. The van der Waals surface area contributed by atoms with Gasteiger partial charge >= 0.3 is 0 Å². The Morgan fingerprint density at radius 1 is 1.23 bits per heavy atom.